The summed E-state index contributed by atoms with van der Waals surface area (Å²) in [5.41, 5.74) is 12.8. The lowest BCUT2D eigenvalue weighted by Gasteiger charge is -2.45. The molecule has 0 aromatic heterocycles. The molecule has 0 aliphatic heterocycles. The summed E-state index contributed by atoms with van der Waals surface area (Å²) in [6.45, 7) is 4.30. The van der Waals surface area contributed by atoms with Crippen LogP contribution >= 0.6 is 0 Å². The fourth-order valence-corrected chi connectivity index (χ4v) is 7.57. The lowest BCUT2D eigenvalue weighted by Crippen LogP contribution is -2.39. The van der Waals surface area contributed by atoms with E-state index in [4.69, 9.17) is 0 Å². The Labute approximate surface area is 200 Å². The molecule has 0 heterocycles. The van der Waals surface area contributed by atoms with E-state index in [9.17, 15) is 9.59 Å². The highest BCUT2D eigenvalue weighted by Gasteiger charge is 2.51. The first-order chi connectivity index (χ1) is 16.7. The van der Waals surface area contributed by atoms with Crippen molar-refractivity contribution < 1.29 is 9.59 Å². The average Bonchev–Trinajstić information content (AvgIpc) is 2.89. The molecule has 2 nitrogen and oxygen atoms in total. The van der Waals surface area contributed by atoms with Crippen molar-refractivity contribution in [3.05, 3.63) is 115 Å². The van der Waals surface area contributed by atoms with Gasteiger partial charge in [0.1, 0.15) is 0 Å². The number of Topliss-reactive ketones (excluding diaryl/α,β-unsaturated/α-hetero) is 2. The summed E-state index contributed by atoms with van der Waals surface area (Å²) in [4.78, 5) is 29.1. The van der Waals surface area contributed by atoms with E-state index in [1.807, 2.05) is 0 Å². The molecule has 5 aliphatic rings. The Morgan fingerprint density at radius 1 is 0.618 bits per heavy atom. The Balaban J connectivity index is 1.57. The van der Waals surface area contributed by atoms with Gasteiger partial charge in [0.25, 0.3) is 0 Å². The van der Waals surface area contributed by atoms with Crippen molar-refractivity contribution in [3.63, 3.8) is 0 Å². The number of carbonyl (C=O) groups is 2. The molecule has 0 fully saturated rings. The molecule has 168 valence electrons. The molecule has 2 heteroatoms. The number of ketones is 2. The summed E-state index contributed by atoms with van der Waals surface area (Å²) in [6, 6.07) is 16.9. The van der Waals surface area contributed by atoms with Crippen LogP contribution in [0.15, 0.2) is 59.7 Å². The number of hydrogen-bond donors (Lipinski definition) is 0. The van der Waals surface area contributed by atoms with Gasteiger partial charge >= 0.3 is 0 Å². The maximum absolute atomic E-state index is 14.5. The zero-order valence-corrected chi connectivity index (χ0v) is 19.8. The van der Waals surface area contributed by atoms with Gasteiger partial charge in [-0.15, -0.1) is 0 Å². The largest absolute Gasteiger partial charge is 0.289 e. The SMILES string of the molecule is CCc1c2c(c(CC)c3c1C(=O)C1=C(C3=O)C3c4ccccc4C1c1ccccc13)CCCC2. The van der Waals surface area contributed by atoms with Crippen LogP contribution in [0.5, 0.6) is 0 Å². The maximum atomic E-state index is 14.5. The van der Waals surface area contributed by atoms with Crippen LogP contribution in [0, 0.1) is 0 Å². The Bertz CT molecular complexity index is 1310. The monoisotopic (exact) mass is 444 g/mol. The Kier molecular flexibility index (Phi) is 4.22. The van der Waals surface area contributed by atoms with Crippen LogP contribution in [0.4, 0.5) is 0 Å². The zero-order valence-electron chi connectivity index (χ0n) is 19.8. The van der Waals surface area contributed by atoms with Crippen LogP contribution < -0.4 is 0 Å². The van der Waals surface area contributed by atoms with Crippen LogP contribution in [-0.4, -0.2) is 11.6 Å². The molecule has 8 rings (SSSR count). The van der Waals surface area contributed by atoms with Crippen molar-refractivity contribution in [2.24, 2.45) is 0 Å². The second kappa shape index (κ2) is 7.12. The van der Waals surface area contributed by atoms with E-state index in [-0.39, 0.29) is 23.4 Å². The predicted octanol–water partition coefficient (Wildman–Crippen LogP) is 6.66. The van der Waals surface area contributed by atoms with Crippen molar-refractivity contribution >= 4 is 11.6 Å². The van der Waals surface area contributed by atoms with Crippen molar-refractivity contribution in [2.75, 3.05) is 0 Å². The Morgan fingerprint density at radius 3 is 1.29 bits per heavy atom. The van der Waals surface area contributed by atoms with Gasteiger partial charge in [0.2, 0.25) is 0 Å². The van der Waals surface area contributed by atoms with Gasteiger partial charge in [0.05, 0.1) is 0 Å². The van der Waals surface area contributed by atoms with E-state index in [1.165, 1.54) is 46.2 Å². The third-order valence-corrected chi connectivity index (χ3v) is 8.80. The average molecular weight is 445 g/mol. The van der Waals surface area contributed by atoms with Gasteiger partial charge in [-0.3, -0.25) is 9.59 Å². The molecule has 5 aliphatic carbocycles. The van der Waals surface area contributed by atoms with Crippen LogP contribution in [0.25, 0.3) is 0 Å². The fourth-order valence-electron chi connectivity index (χ4n) is 7.57. The Morgan fingerprint density at radius 2 is 0.971 bits per heavy atom. The molecule has 0 N–H and O–H groups in total. The van der Waals surface area contributed by atoms with E-state index in [0.29, 0.717) is 0 Å². The van der Waals surface area contributed by atoms with Gasteiger partial charge < -0.3 is 0 Å². The molecule has 3 aromatic carbocycles. The highest BCUT2D eigenvalue weighted by Crippen LogP contribution is 2.58. The number of fused-ring (bicyclic) bond motifs is 2. The molecular formula is C32H28O2. The van der Waals surface area contributed by atoms with Gasteiger partial charge in [-0.25, -0.2) is 0 Å². The molecular weight excluding hydrogens is 416 g/mol. The first kappa shape index (κ1) is 20.1. The van der Waals surface area contributed by atoms with Crippen molar-refractivity contribution in [1.29, 1.82) is 0 Å². The third-order valence-electron chi connectivity index (χ3n) is 8.80. The summed E-state index contributed by atoms with van der Waals surface area (Å²) in [7, 11) is 0. The third kappa shape index (κ3) is 2.32. The highest BCUT2D eigenvalue weighted by atomic mass is 16.1. The first-order valence-corrected chi connectivity index (χ1v) is 12.9. The van der Waals surface area contributed by atoms with Gasteiger partial charge in [0.15, 0.2) is 11.6 Å². The normalized spacial score (nSPS) is 21.6. The smallest absolute Gasteiger partial charge is 0.191 e. The zero-order chi connectivity index (χ0) is 23.1. The van der Waals surface area contributed by atoms with Crippen molar-refractivity contribution in [3.8, 4) is 0 Å². The molecule has 0 saturated carbocycles. The quantitative estimate of drug-likeness (QED) is 0.443. The van der Waals surface area contributed by atoms with Crippen LogP contribution in [0.3, 0.4) is 0 Å². The summed E-state index contributed by atoms with van der Waals surface area (Å²) in [5.74, 6) is -0.0716. The summed E-state index contributed by atoms with van der Waals surface area (Å²) in [5, 5.41) is 0. The van der Waals surface area contributed by atoms with Gasteiger partial charge in [-0.1, -0.05) is 62.4 Å². The molecule has 34 heavy (non-hydrogen) atoms. The van der Waals surface area contributed by atoms with E-state index in [0.717, 1.165) is 59.1 Å². The topological polar surface area (TPSA) is 34.1 Å². The van der Waals surface area contributed by atoms with Gasteiger partial charge in [-0.2, -0.15) is 0 Å². The number of benzene rings is 3. The van der Waals surface area contributed by atoms with E-state index >= 15 is 0 Å². The second-order valence-corrected chi connectivity index (χ2v) is 10.2. The summed E-state index contributed by atoms with van der Waals surface area (Å²) in [6.07, 6.45) is 6.01. The minimum Gasteiger partial charge on any atom is -0.289 e. The Hall–Kier alpha value is -3.26. The molecule has 0 atom stereocenters. The molecule has 3 aromatic rings. The minimum atomic E-state index is -0.150. The minimum absolute atomic E-state index is 0.114. The standard InChI is InChI=1S/C32H28O2/c1-3-17-19-11-5-6-12-20(19)18(4-2)28-27(17)31(33)29-25-21-13-7-9-15-23(21)26(30(29)32(28)34)24-16-10-8-14-22(24)25/h7-10,13-16,25-26H,3-6,11-12H2,1-2H3. The fraction of sp³-hybridized carbons (Fsp3) is 0.312. The molecule has 0 saturated heterocycles. The van der Waals surface area contributed by atoms with E-state index in [1.54, 1.807) is 0 Å². The van der Waals surface area contributed by atoms with Crippen molar-refractivity contribution in [1.82, 2.24) is 0 Å². The predicted molar refractivity (Wildman–Crippen MR) is 134 cm³/mol. The van der Waals surface area contributed by atoms with Crippen LogP contribution in [-0.2, 0) is 25.7 Å². The van der Waals surface area contributed by atoms with Crippen molar-refractivity contribution in [2.45, 2.75) is 64.2 Å². The molecule has 0 spiro atoms. The number of allylic oxidation sites excluding steroid dienone is 2. The van der Waals surface area contributed by atoms with E-state index in [2.05, 4.69) is 62.4 Å². The second-order valence-electron chi connectivity index (χ2n) is 10.2. The first-order valence-electron chi connectivity index (χ1n) is 12.9. The van der Waals surface area contributed by atoms with Gasteiger partial charge in [-0.05, 0) is 83.0 Å². The van der Waals surface area contributed by atoms with Crippen LogP contribution in [0.1, 0.15) is 104 Å². The summed E-state index contributed by atoms with van der Waals surface area (Å²) < 4.78 is 0. The number of hydrogen-bond acceptors (Lipinski definition) is 2. The molecule has 0 amide bonds. The lowest BCUT2D eigenvalue weighted by atomic mass is 9.56. The van der Waals surface area contributed by atoms with Crippen LogP contribution in [0.2, 0.25) is 0 Å². The highest BCUT2D eigenvalue weighted by molar-refractivity contribution is 6.30. The molecule has 0 unspecified atom stereocenters. The summed E-state index contributed by atoms with van der Waals surface area (Å²) >= 11 is 0. The van der Waals surface area contributed by atoms with Gasteiger partial charge in [0, 0.05) is 34.1 Å². The number of carbonyl (C=O) groups excluding carboxylic acids is 2. The lowest BCUT2D eigenvalue weighted by molar-refractivity contribution is 0.0961. The molecule has 2 bridgehead atoms. The number of rotatable bonds is 2. The molecule has 0 radical (unpaired) electrons. The van der Waals surface area contributed by atoms with E-state index < -0.39 is 0 Å². The maximum Gasteiger partial charge on any atom is 0.191 e.